The summed E-state index contributed by atoms with van der Waals surface area (Å²) in [5, 5.41) is 10.4. The fourth-order valence-electron chi connectivity index (χ4n) is 4.63. The fraction of sp³-hybridized carbons (Fsp3) is 0.346. The monoisotopic (exact) mass is 483 g/mol. The van der Waals surface area contributed by atoms with Gasteiger partial charge in [-0.15, -0.1) is 0 Å². The Morgan fingerprint density at radius 1 is 1.09 bits per heavy atom. The molecule has 0 spiro atoms. The van der Waals surface area contributed by atoms with E-state index in [0.717, 1.165) is 42.7 Å². The van der Waals surface area contributed by atoms with Crippen LogP contribution in [0.1, 0.15) is 47.0 Å². The number of ether oxygens (including phenoxy) is 1. The SMILES string of the molecule is N[C@H]1C[C@@H](c2ccncc2CC(=O)c2ccc(F)c(-c3c(F)cccc3F)n2)O[C@@H](C2CC2)[C@@H]1O. The molecule has 3 aromatic rings. The smallest absolute Gasteiger partial charge is 0.185 e. The molecule has 2 aromatic heterocycles. The van der Waals surface area contributed by atoms with Crippen LogP contribution in [-0.4, -0.2) is 39.1 Å². The molecule has 182 valence electrons. The van der Waals surface area contributed by atoms with Crippen molar-refractivity contribution in [3.05, 3.63) is 83.1 Å². The quantitative estimate of drug-likeness (QED) is 0.516. The number of nitrogens with zero attached hydrogens (tertiary/aromatic N) is 2. The van der Waals surface area contributed by atoms with Crippen LogP contribution < -0.4 is 5.73 Å². The highest BCUT2D eigenvalue weighted by Gasteiger charge is 2.44. The Bertz CT molecular complexity index is 1250. The molecule has 0 amide bonds. The van der Waals surface area contributed by atoms with Crippen LogP contribution in [0.2, 0.25) is 0 Å². The van der Waals surface area contributed by atoms with Crippen LogP contribution in [-0.2, 0) is 11.2 Å². The molecule has 1 aromatic carbocycles. The first kappa shape index (κ1) is 23.6. The zero-order valence-electron chi connectivity index (χ0n) is 18.7. The van der Waals surface area contributed by atoms with Crippen molar-refractivity contribution in [2.24, 2.45) is 11.7 Å². The Labute approximate surface area is 200 Å². The van der Waals surface area contributed by atoms with Gasteiger partial charge in [-0.05, 0) is 66.6 Å². The third-order valence-electron chi connectivity index (χ3n) is 6.64. The maximum atomic E-state index is 14.4. The summed E-state index contributed by atoms with van der Waals surface area (Å²) in [4.78, 5) is 21.2. The van der Waals surface area contributed by atoms with E-state index >= 15 is 0 Å². The van der Waals surface area contributed by atoms with Crippen LogP contribution in [0, 0.1) is 23.4 Å². The van der Waals surface area contributed by atoms with Gasteiger partial charge in [0.2, 0.25) is 0 Å². The average Bonchev–Trinajstić information content (AvgIpc) is 3.67. The number of aromatic nitrogens is 2. The van der Waals surface area contributed by atoms with E-state index in [0.29, 0.717) is 12.0 Å². The van der Waals surface area contributed by atoms with E-state index in [1.807, 2.05) is 0 Å². The van der Waals surface area contributed by atoms with E-state index in [-0.39, 0.29) is 24.1 Å². The normalized spacial score (nSPS) is 24.4. The number of Topliss-reactive ketones (excluding diaryl/α,β-unsaturated/α-hetero) is 1. The van der Waals surface area contributed by atoms with Crippen molar-refractivity contribution in [3.63, 3.8) is 0 Å². The first-order valence-electron chi connectivity index (χ1n) is 11.5. The lowest BCUT2D eigenvalue weighted by Crippen LogP contribution is -2.50. The predicted octanol–water partition coefficient (Wildman–Crippen LogP) is 3.91. The van der Waals surface area contributed by atoms with Gasteiger partial charge in [-0.25, -0.2) is 18.2 Å². The fourth-order valence-corrected chi connectivity index (χ4v) is 4.63. The van der Waals surface area contributed by atoms with Crippen molar-refractivity contribution in [1.82, 2.24) is 9.97 Å². The molecule has 9 heteroatoms. The molecule has 6 nitrogen and oxygen atoms in total. The van der Waals surface area contributed by atoms with Crippen molar-refractivity contribution in [1.29, 1.82) is 0 Å². The van der Waals surface area contributed by atoms with E-state index in [2.05, 4.69) is 9.97 Å². The second-order valence-corrected chi connectivity index (χ2v) is 9.11. The topological polar surface area (TPSA) is 98.3 Å². The molecule has 2 aliphatic rings. The van der Waals surface area contributed by atoms with Crippen LogP contribution in [0.25, 0.3) is 11.3 Å². The molecule has 2 fully saturated rings. The van der Waals surface area contributed by atoms with Crippen LogP contribution in [0.3, 0.4) is 0 Å². The average molecular weight is 483 g/mol. The molecule has 0 unspecified atom stereocenters. The summed E-state index contributed by atoms with van der Waals surface area (Å²) in [6.07, 6.45) is 3.80. The Hall–Kier alpha value is -3.14. The first-order chi connectivity index (χ1) is 16.8. The largest absolute Gasteiger partial charge is 0.389 e. The third-order valence-corrected chi connectivity index (χ3v) is 6.64. The molecule has 0 radical (unpaired) electrons. The van der Waals surface area contributed by atoms with E-state index in [9.17, 15) is 23.1 Å². The molecule has 4 atom stereocenters. The lowest BCUT2D eigenvalue weighted by Gasteiger charge is -2.39. The second kappa shape index (κ2) is 9.49. The maximum absolute atomic E-state index is 14.4. The van der Waals surface area contributed by atoms with E-state index in [1.165, 1.54) is 6.07 Å². The number of carbonyl (C=O) groups excluding carboxylic acids is 1. The number of rotatable bonds is 6. The molecular weight excluding hydrogens is 459 g/mol. The minimum Gasteiger partial charge on any atom is -0.389 e. The molecule has 1 aliphatic carbocycles. The zero-order chi connectivity index (χ0) is 24.7. The van der Waals surface area contributed by atoms with Gasteiger partial charge in [0.05, 0.1) is 23.9 Å². The Balaban J connectivity index is 1.42. The third kappa shape index (κ3) is 4.71. The van der Waals surface area contributed by atoms with Crippen molar-refractivity contribution in [2.75, 3.05) is 0 Å². The van der Waals surface area contributed by atoms with E-state index in [4.69, 9.17) is 10.5 Å². The highest BCUT2D eigenvalue weighted by molar-refractivity contribution is 5.96. The molecule has 3 N–H and O–H groups in total. The van der Waals surface area contributed by atoms with Gasteiger partial charge in [0.15, 0.2) is 5.78 Å². The number of ketones is 1. The summed E-state index contributed by atoms with van der Waals surface area (Å²) >= 11 is 0. The number of benzene rings is 1. The maximum Gasteiger partial charge on any atom is 0.185 e. The van der Waals surface area contributed by atoms with Crippen LogP contribution >= 0.6 is 0 Å². The summed E-state index contributed by atoms with van der Waals surface area (Å²) < 4.78 is 49.1. The lowest BCUT2D eigenvalue weighted by atomic mass is 9.88. The van der Waals surface area contributed by atoms with Crippen molar-refractivity contribution >= 4 is 5.78 Å². The Morgan fingerprint density at radius 2 is 1.83 bits per heavy atom. The molecule has 5 rings (SSSR count). The van der Waals surface area contributed by atoms with Gasteiger partial charge < -0.3 is 15.6 Å². The van der Waals surface area contributed by atoms with Crippen molar-refractivity contribution < 1.29 is 27.8 Å². The van der Waals surface area contributed by atoms with Crippen LogP contribution in [0.5, 0.6) is 0 Å². The number of aliphatic hydroxyl groups is 1. The molecule has 3 heterocycles. The Kier molecular flexibility index (Phi) is 6.39. The first-order valence-corrected chi connectivity index (χ1v) is 11.5. The van der Waals surface area contributed by atoms with Gasteiger partial charge in [-0.1, -0.05) is 6.07 Å². The molecule has 35 heavy (non-hydrogen) atoms. The number of halogens is 3. The van der Waals surface area contributed by atoms with Gasteiger partial charge in [-0.2, -0.15) is 0 Å². The molecule has 1 saturated heterocycles. The highest BCUT2D eigenvalue weighted by atomic mass is 19.1. The summed E-state index contributed by atoms with van der Waals surface area (Å²) in [6, 6.07) is 6.59. The number of pyridine rings is 2. The molecule has 1 aliphatic heterocycles. The molecule has 0 bridgehead atoms. The van der Waals surface area contributed by atoms with Crippen LogP contribution in [0.15, 0.2) is 48.8 Å². The number of hydrogen-bond acceptors (Lipinski definition) is 6. The van der Waals surface area contributed by atoms with Crippen molar-refractivity contribution in [3.8, 4) is 11.3 Å². The second-order valence-electron chi connectivity index (χ2n) is 9.11. The summed E-state index contributed by atoms with van der Waals surface area (Å²) in [5.74, 6) is -3.10. The van der Waals surface area contributed by atoms with Gasteiger partial charge in [0.25, 0.3) is 0 Å². The van der Waals surface area contributed by atoms with E-state index in [1.54, 1.807) is 18.5 Å². The number of nitrogens with two attached hydrogens (primary N) is 1. The zero-order valence-corrected chi connectivity index (χ0v) is 18.7. The van der Waals surface area contributed by atoms with Gasteiger partial charge in [0, 0.05) is 24.9 Å². The van der Waals surface area contributed by atoms with Crippen molar-refractivity contribution in [2.45, 2.75) is 50.0 Å². The molecular formula is C26H24F3N3O3. The van der Waals surface area contributed by atoms with Gasteiger partial charge >= 0.3 is 0 Å². The molecule has 1 saturated carbocycles. The lowest BCUT2D eigenvalue weighted by molar-refractivity contribution is -0.137. The standard InChI is InChI=1S/C26H24F3N3O3/c27-16-2-1-3-17(28)23(16)24-18(29)6-7-20(32-24)21(33)10-14-12-31-9-8-15(14)22-11-19(30)25(34)26(35-22)13-4-5-13/h1-3,6-9,12-13,19,22,25-26,34H,4-5,10-11,30H2/t19-,22-,25+,26-/m0/s1. The minimum atomic E-state index is -0.978. The predicted molar refractivity (Wildman–Crippen MR) is 121 cm³/mol. The minimum absolute atomic E-state index is 0.132. The Morgan fingerprint density at radius 3 is 2.54 bits per heavy atom. The summed E-state index contributed by atoms with van der Waals surface area (Å²) in [7, 11) is 0. The highest BCUT2D eigenvalue weighted by Crippen LogP contribution is 2.43. The number of hydrogen-bond donors (Lipinski definition) is 2. The number of aliphatic hydroxyl groups excluding tert-OH is 1. The van der Waals surface area contributed by atoms with Crippen LogP contribution in [0.4, 0.5) is 13.2 Å². The van der Waals surface area contributed by atoms with Gasteiger partial charge in [-0.3, -0.25) is 9.78 Å². The van der Waals surface area contributed by atoms with Gasteiger partial charge in [0.1, 0.15) is 28.8 Å². The summed E-state index contributed by atoms with van der Waals surface area (Å²) in [5.41, 5.74) is 6.17. The summed E-state index contributed by atoms with van der Waals surface area (Å²) in [6.45, 7) is 0. The number of carbonyl (C=O) groups is 1. The van der Waals surface area contributed by atoms with E-state index < -0.39 is 52.7 Å².